The molecule has 0 saturated heterocycles. The van der Waals surface area contributed by atoms with Crippen LogP contribution >= 0.6 is 0 Å². The average molecular weight is 286 g/mol. The Hall–Kier alpha value is -1.85. The molecule has 0 fully saturated rings. The van der Waals surface area contributed by atoms with Gasteiger partial charge in [-0.2, -0.15) is 0 Å². The number of nitrogens with zero attached hydrogens (tertiary/aromatic N) is 3. The van der Waals surface area contributed by atoms with E-state index in [1.807, 2.05) is 31.4 Å². The summed E-state index contributed by atoms with van der Waals surface area (Å²) >= 11 is 0. The van der Waals surface area contributed by atoms with Gasteiger partial charge in [-0.05, 0) is 13.1 Å². The number of imidazole rings is 1. The van der Waals surface area contributed by atoms with Crippen molar-refractivity contribution in [2.24, 2.45) is 0 Å². The second kappa shape index (κ2) is 6.74. The largest absolute Gasteiger partial charge is 0.492 e. The number of rotatable bonds is 6. The van der Waals surface area contributed by atoms with Crippen molar-refractivity contribution in [3.63, 3.8) is 0 Å². The van der Waals surface area contributed by atoms with Crippen molar-refractivity contribution in [1.82, 2.24) is 19.8 Å². The first-order valence-electron chi connectivity index (χ1n) is 7.44. The van der Waals surface area contributed by atoms with Crippen LogP contribution in [0.25, 0.3) is 0 Å². The molecule has 112 valence electrons. The molecule has 5 nitrogen and oxygen atoms in total. The van der Waals surface area contributed by atoms with Gasteiger partial charge in [0.15, 0.2) is 0 Å². The van der Waals surface area contributed by atoms with Gasteiger partial charge in [0.05, 0.1) is 6.54 Å². The third-order valence-electron chi connectivity index (χ3n) is 3.83. The van der Waals surface area contributed by atoms with E-state index in [0.717, 1.165) is 44.3 Å². The number of hydrogen-bond acceptors (Lipinski definition) is 4. The molecule has 1 aromatic heterocycles. The predicted octanol–water partition coefficient (Wildman–Crippen LogP) is 1.50. The summed E-state index contributed by atoms with van der Waals surface area (Å²) in [6.45, 7) is 5.46. The van der Waals surface area contributed by atoms with Gasteiger partial charge in [0.1, 0.15) is 18.2 Å². The molecule has 21 heavy (non-hydrogen) atoms. The highest BCUT2D eigenvalue weighted by molar-refractivity contribution is 5.33. The topological polar surface area (TPSA) is 42.3 Å². The van der Waals surface area contributed by atoms with Gasteiger partial charge in [0.2, 0.25) is 0 Å². The highest BCUT2D eigenvalue weighted by Gasteiger charge is 2.16. The van der Waals surface area contributed by atoms with Gasteiger partial charge in [-0.15, -0.1) is 0 Å². The van der Waals surface area contributed by atoms with Crippen LogP contribution in [0.15, 0.2) is 36.7 Å². The Morgan fingerprint density at radius 2 is 2.19 bits per heavy atom. The Kier molecular flexibility index (Phi) is 4.52. The molecule has 1 aliphatic rings. The van der Waals surface area contributed by atoms with Crippen molar-refractivity contribution in [1.29, 1.82) is 0 Å². The molecule has 0 spiro atoms. The lowest BCUT2D eigenvalue weighted by molar-refractivity contribution is 0.174. The van der Waals surface area contributed by atoms with E-state index in [-0.39, 0.29) is 0 Å². The third-order valence-corrected chi connectivity index (χ3v) is 3.83. The molecular weight excluding hydrogens is 264 g/mol. The Morgan fingerprint density at radius 1 is 1.29 bits per heavy atom. The third kappa shape index (κ3) is 3.43. The first-order valence-corrected chi connectivity index (χ1v) is 7.44. The molecule has 1 aromatic carbocycles. The van der Waals surface area contributed by atoms with E-state index >= 15 is 0 Å². The molecule has 0 aliphatic carbocycles. The van der Waals surface area contributed by atoms with Crippen LogP contribution in [0.4, 0.5) is 0 Å². The number of nitrogens with one attached hydrogen (secondary N) is 1. The molecule has 2 heterocycles. The molecule has 0 saturated carbocycles. The van der Waals surface area contributed by atoms with E-state index in [9.17, 15) is 0 Å². The maximum Gasteiger partial charge on any atom is 0.123 e. The van der Waals surface area contributed by atoms with Gasteiger partial charge in [0, 0.05) is 44.1 Å². The molecule has 0 unspecified atom stereocenters. The second-order valence-electron chi connectivity index (χ2n) is 5.30. The summed E-state index contributed by atoms with van der Waals surface area (Å²) in [5.74, 6) is 2.13. The number of fused-ring (bicyclic) bond motifs is 1. The summed E-state index contributed by atoms with van der Waals surface area (Å²) in [7, 11) is 1.95. The van der Waals surface area contributed by atoms with E-state index < -0.39 is 0 Å². The van der Waals surface area contributed by atoms with Crippen molar-refractivity contribution in [2.45, 2.75) is 19.6 Å². The van der Waals surface area contributed by atoms with Crippen molar-refractivity contribution < 1.29 is 4.74 Å². The van der Waals surface area contributed by atoms with Crippen LogP contribution in [-0.2, 0) is 19.6 Å². The van der Waals surface area contributed by atoms with Crippen LogP contribution in [0.5, 0.6) is 5.75 Å². The molecule has 0 bridgehead atoms. The van der Waals surface area contributed by atoms with Gasteiger partial charge >= 0.3 is 0 Å². The fraction of sp³-hybridized carbons (Fsp3) is 0.438. The van der Waals surface area contributed by atoms with E-state index in [2.05, 4.69) is 32.0 Å². The molecule has 2 aromatic rings. The van der Waals surface area contributed by atoms with Crippen LogP contribution in [0.2, 0.25) is 0 Å². The van der Waals surface area contributed by atoms with Gasteiger partial charge in [-0.1, -0.05) is 18.2 Å². The van der Waals surface area contributed by atoms with Gasteiger partial charge < -0.3 is 14.6 Å². The van der Waals surface area contributed by atoms with E-state index in [1.165, 1.54) is 5.56 Å². The van der Waals surface area contributed by atoms with Crippen molar-refractivity contribution >= 4 is 0 Å². The van der Waals surface area contributed by atoms with E-state index in [0.29, 0.717) is 6.61 Å². The lowest BCUT2D eigenvalue weighted by atomic mass is 10.2. The fourth-order valence-corrected chi connectivity index (χ4v) is 2.68. The lowest BCUT2D eigenvalue weighted by Crippen LogP contribution is -2.36. The van der Waals surface area contributed by atoms with Crippen LogP contribution in [0.3, 0.4) is 0 Å². The Labute approximate surface area is 125 Å². The van der Waals surface area contributed by atoms with Crippen LogP contribution in [0.1, 0.15) is 11.4 Å². The summed E-state index contributed by atoms with van der Waals surface area (Å²) < 4.78 is 8.17. The molecule has 0 atom stereocenters. The standard InChI is InChI=1S/C16H22N4O/c1-17-12-14-4-2-3-5-15(14)21-11-10-19-8-9-20-7-6-18-16(20)13-19/h2-7,17H,8-13H2,1H3. The van der Waals surface area contributed by atoms with Crippen molar-refractivity contribution in [3.8, 4) is 5.75 Å². The number of aromatic nitrogens is 2. The van der Waals surface area contributed by atoms with Crippen molar-refractivity contribution in [2.75, 3.05) is 26.7 Å². The minimum absolute atomic E-state index is 0.710. The molecule has 1 aliphatic heterocycles. The molecule has 0 amide bonds. The Balaban J connectivity index is 1.51. The lowest BCUT2D eigenvalue weighted by Gasteiger charge is -2.27. The summed E-state index contributed by atoms with van der Waals surface area (Å²) in [5.41, 5.74) is 1.20. The minimum Gasteiger partial charge on any atom is -0.492 e. The molecule has 5 heteroatoms. The van der Waals surface area contributed by atoms with Crippen molar-refractivity contribution in [3.05, 3.63) is 48.0 Å². The average Bonchev–Trinajstić information content (AvgIpc) is 2.97. The number of ether oxygens (including phenoxy) is 1. The predicted molar refractivity (Wildman–Crippen MR) is 82.2 cm³/mol. The first kappa shape index (κ1) is 14.1. The number of hydrogen-bond donors (Lipinski definition) is 1. The zero-order valence-electron chi connectivity index (χ0n) is 12.5. The number of para-hydroxylation sites is 1. The van der Waals surface area contributed by atoms with Gasteiger partial charge in [-0.25, -0.2) is 4.98 Å². The second-order valence-corrected chi connectivity index (χ2v) is 5.30. The summed E-state index contributed by atoms with van der Waals surface area (Å²) in [6, 6.07) is 8.20. The molecular formula is C16H22N4O. The summed E-state index contributed by atoms with van der Waals surface area (Å²) in [6.07, 6.45) is 3.93. The Morgan fingerprint density at radius 3 is 3.10 bits per heavy atom. The van der Waals surface area contributed by atoms with E-state index in [4.69, 9.17) is 4.74 Å². The zero-order valence-corrected chi connectivity index (χ0v) is 12.5. The monoisotopic (exact) mass is 286 g/mol. The molecule has 0 radical (unpaired) electrons. The highest BCUT2D eigenvalue weighted by Crippen LogP contribution is 2.18. The fourth-order valence-electron chi connectivity index (χ4n) is 2.68. The minimum atomic E-state index is 0.710. The highest BCUT2D eigenvalue weighted by atomic mass is 16.5. The van der Waals surface area contributed by atoms with Crippen LogP contribution in [0, 0.1) is 0 Å². The Bertz CT molecular complexity index is 581. The molecule has 1 N–H and O–H groups in total. The summed E-state index contributed by atoms with van der Waals surface area (Å²) in [4.78, 5) is 6.78. The normalized spacial score (nSPS) is 14.9. The van der Waals surface area contributed by atoms with Crippen LogP contribution in [-0.4, -0.2) is 41.2 Å². The maximum atomic E-state index is 5.95. The SMILES string of the molecule is CNCc1ccccc1OCCN1CCn2ccnc2C1. The van der Waals surface area contributed by atoms with Gasteiger partial charge in [-0.3, -0.25) is 4.90 Å². The zero-order chi connectivity index (χ0) is 14.5. The quantitative estimate of drug-likeness (QED) is 0.874. The first-order chi connectivity index (χ1) is 10.4. The molecule has 3 rings (SSSR count). The van der Waals surface area contributed by atoms with Crippen LogP contribution < -0.4 is 10.1 Å². The van der Waals surface area contributed by atoms with Gasteiger partial charge in [0.25, 0.3) is 0 Å². The smallest absolute Gasteiger partial charge is 0.123 e. The maximum absolute atomic E-state index is 5.95. The number of benzene rings is 1. The van der Waals surface area contributed by atoms with E-state index in [1.54, 1.807) is 0 Å². The summed E-state index contributed by atoms with van der Waals surface area (Å²) in [5, 5.41) is 3.17.